The summed E-state index contributed by atoms with van der Waals surface area (Å²) in [4.78, 5) is 0. The number of anilines is 2. The molecular formula is C20H25NOSi. The van der Waals surface area contributed by atoms with E-state index in [2.05, 4.69) is 93.8 Å². The van der Waals surface area contributed by atoms with Crippen LogP contribution in [0.5, 0.6) is 5.75 Å². The lowest BCUT2D eigenvalue weighted by atomic mass is 10.1. The molecule has 0 spiro atoms. The van der Waals surface area contributed by atoms with Crippen molar-refractivity contribution in [1.82, 2.24) is 0 Å². The molecule has 2 aromatic rings. The van der Waals surface area contributed by atoms with E-state index >= 15 is 0 Å². The Hall–Kier alpha value is -2.00. The Kier molecular flexibility index (Phi) is 3.84. The fourth-order valence-corrected chi connectivity index (χ4v) is 3.40. The van der Waals surface area contributed by atoms with Gasteiger partial charge in [-0.3, -0.25) is 0 Å². The molecule has 0 saturated heterocycles. The molecule has 0 aromatic heterocycles. The number of nitrogens with one attached hydrogen (secondary N) is 1. The van der Waals surface area contributed by atoms with E-state index in [1.54, 1.807) is 0 Å². The molecule has 1 aliphatic heterocycles. The van der Waals surface area contributed by atoms with Gasteiger partial charge in [0.15, 0.2) is 0 Å². The van der Waals surface area contributed by atoms with Crippen LogP contribution >= 0.6 is 0 Å². The first-order chi connectivity index (χ1) is 10.8. The Bertz CT molecular complexity index is 756. The lowest BCUT2D eigenvalue weighted by Crippen LogP contribution is -2.43. The van der Waals surface area contributed by atoms with Gasteiger partial charge in [0.05, 0.1) is 0 Å². The number of hydrogen-bond donors (Lipinski definition) is 1. The van der Waals surface area contributed by atoms with Gasteiger partial charge in [0.2, 0.25) is 8.32 Å². The molecule has 2 aromatic carbocycles. The first kappa shape index (κ1) is 15.9. The highest BCUT2D eigenvalue weighted by Gasteiger charge is 2.39. The molecule has 1 N–H and O–H groups in total. The van der Waals surface area contributed by atoms with Gasteiger partial charge in [0, 0.05) is 17.4 Å². The normalized spacial score (nSPS) is 13.6. The molecule has 120 valence electrons. The van der Waals surface area contributed by atoms with Crippen molar-refractivity contribution < 1.29 is 4.43 Å². The van der Waals surface area contributed by atoms with Crippen LogP contribution in [0, 0.1) is 0 Å². The SMILES string of the molecule is CC(C)(C)[Si](C)(C)Oc1ccc2c(c1)Nc1ccccc1C=C2. The van der Waals surface area contributed by atoms with Crippen LogP contribution in [-0.2, 0) is 0 Å². The van der Waals surface area contributed by atoms with E-state index in [1.165, 1.54) is 11.1 Å². The van der Waals surface area contributed by atoms with Gasteiger partial charge in [-0.2, -0.15) is 0 Å². The lowest BCUT2D eigenvalue weighted by molar-refractivity contribution is 0.492. The predicted molar refractivity (Wildman–Crippen MR) is 103 cm³/mol. The molecule has 3 rings (SSSR count). The van der Waals surface area contributed by atoms with Crippen LogP contribution in [0.1, 0.15) is 31.9 Å². The van der Waals surface area contributed by atoms with Gasteiger partial charge >= 0.3 is 0 Å². The van der Waals surface area contributed by atoms with Crippen molar-refractivity contribution in [2.45, 2.75) is 38.9 Å². The van der Waals surface area contributed by atoms with E-state index in [0.717, 1.165) is 17.1 Å². The van der Waals surface area contributed by atoms with Crippen molar-refractivity contribution in [3.63, 3.8) is 0 Å². The number of para-hydroxylation sites is 1. The number of benzene rings is 2. The highest BCUT2D eigenvalue weighted by Crippen LogP contribution is 2.39. The monoisotopic (exact) mass is 323 g/mol. The first-order valence-electron chi connectivity index (χ1n) is 8.13. The molecule has 2 nitrogen and oxygen atoms in total. The quantitative estimate of drug-likeness (QED) is 0.559. The minimum Gasteiger partial charge on any atom is -0.543 e. The summed E-state index contributed by atoms with van der Waals surface area (Å²) in [6.07, 6.45) is 4.31. The Morgan fingerprint density at radius 3 is 2.22 bits per heavy atom. The average molecular weight is 324 g/mol. The third-order valence-corrected chi connectivity index (χ3v) is 9.23. The molecule has 0 fully saturated rings. The summed E-state index contributed by atoms with van der Waals surface area (Å²) in [5.74, 6) is 0.954. The van der Waals surface area contributed by atoms with Gasteiger partial charge in [0.1, 0.15) is 5.75 Å². The number of fused-ring (bicyclic) bond motifs is 2. The summed E-state index contributed by atoms with van der Waals surface area (Å²) in [6.45, 7) is 11.3. The Labute approximate surface area is 140 Å². The summed E-state index contributed by atoms with van der Waals surface area (Å²) < 4.78 is 6.44. The minimum atomic E-state index is -1.82. The molecule has 1 heterocycles. The summed E-state index contributed by atoms with van der Waals surface area (Å²) in [7, 11) is -1.82. The largest absolute Gasteiger partial charge is 0.543 e. The van der Waals surface area contributed by atoms with Gasteiger partial charge in [-0.15, -0.1) is 0 Å². The number of rotatable bonds is 2. The van der Waals surface area contributed by atoms with E-state index in [9.17, 15) is 0 Å². The number of hydrogen-bond acceptors (Lipinski definition) is 2. The van der Waals surface area contributed by atoms with Crippen LogP contribution in [0.25, 0.3) is 12.2 Å². The molecule has 1 aliphatic rings. The summed E-state index contributed by atoms with van der Waals surface area (Å²) in [6, 6.07) is 14.7. The molecule has 0 bridgehead atoms. The highest BCUT2D eigenvalue weighted by atomic mass is 28.4. The average Bonchev–Trinajstić information content (AvgIpc) is 2.64. The van der Waals surface area contributed by atoms with Crippen LogP contribution < -0.4 is 9.74 Å². The summed E-state index contributed by atoms with van der Waals surface area (Å²) >= 11 is 0. The minimum absolute atomic E-state index is 0.194. The molecule has 0 aliphatic carbocycles. The van der Waals surface area contributed by atoms with Gasteiger partial charge in [0.25, 0.3) is 0 Å². The van der Waals surface area contributed by atoms with Crippen LogP contribution in [-0.4, -0.2) is 8.32 Å². The van der Waals surface area contributed by atoms with Crippen molar-refractivity contribution in [3.05, 3.63) is 53.6 Å². The molecule has 0 unspecified atom stereocenters. The van der Waals surface area contributed by atoms with Crippen LogP contribution in [0.3, 0.4) is 0 Å². The van der Waals surface area contributed by atoms with Crippen molar-refractivity contribution in [3.8, 4) is 5.75 Å². The molecular weight excluding hydrogens is 298 g/mol. The molecule has 0 radical (unpaired) electrons. The Morgan fingerprint density at radius 1 is 0.870 bits per heavy atom. The van der Waals surface area contributed by atoms with Crippen LogP contribution in [0.4, 0.5) is 11.4 Å². The van der Waals surface area contributed by atoms with E-state index in [-0.39, 0.29) is 5.04 Å². The molecule has 0 saturated carbocycles. The van der Waals surface area contributed by atoms with E-state index in [0.29, 0.717) is 0 Å². The van der Waals surface area contributed by atoms with Gasteiger partial charge < -0.3 is 9.74 Å². The zero-order valence-corrected chi connectivity index (χ0v) is 15.6. The Balaban J connectivity index is 1.93. The molecule has 3 heteroatoms. The molecule has 0 atom stereocenters. The standard InChI is InChI=1S/C20H25NOSi/c1-20(2,3)23(4,5)22-17-13-12-16-11-10-15-8-6-7-9-18(15)21-19(16)14-17/h6-14,21H,1-5H3. The second-order valence-electron chi connectivity index (χ2n) is 7.66. The van der Waals surface area contributed by atoms with E-state index in [4.69, 9.17) is 4.43 Å². The smallest absolute Gasteiger partial charge is 0.250 e. The van der Waals surface area contributed by atoms with E-state index in [1.807, 2.05) is 0 Å². The van der Waals surface area contributed by atoms with Crippen molar-refractivity contribution >= 4 is 31.8 Å². The second-order valence-corrected chi connectivity index (χ2v) is 12.4. The molecule has 0 amide bonds. The maximum Gasteiger partial charge on any atom is 0.250 e. The zero-order chi connectivity index (χ0) is 16.7. The summed E-state index contributed by atoms with van der Waals surface area (Å²) in [5, 5.41) is 3.73. The van der Waals surface area contributed by atoms with Crippen molar-refractivity contribution in [1.29, 1.82) is 0 Å². The fourth-order valence-electron chi connectivity index (χ4n) is 2.38. The first-order valence-corrected chi connectivity index (χ1v) is 11.0. The van der Waals surface area contributed by atoms with Crippen LogP contribution in [0.2, 0.25) is 18.1 Å². The van der Waals surface area contributed by atoms with Crippen molar-refractivity contribution in [2.75, 3.05) is 5.32 Å². The van der Waals surface area contributed by atoms with Crippen molar-refractivity contribution in [2.24, 2.45) is 0 Å². The van der Waals surface area contributed by atoms with Gasteiger partial charge in [-0.05, 0) is 47.5 Å². The van der Waals surface area contributed by atoms with Gasteiger partial charge in [-0.1, -0.05) is 51.1 Å². The molecule has 23 heavy (non-hydrogen) atoms. The third kappa shape index (κ3) is 3.20. The van der Waals surface area contributed by atoms with Gasteiger partial charge in [-0.25, -0.2) is 0 Å². The third-order valence-electron chi connectivity index (χ3n) is 4.88. The second kappa shape index (κ2) is 5.57. The Morgan fingerprint density at radius 2 is 1.52 bits per heavy atom. The predicted octanol–water partition coefficient (Wildman–Crippen LogP) is 6.30. The van der Waals surface area contributed by atoms with E-state index < -0.39 is 8.32 Å². The highest BCUT2D eigenvalue weighted by molar-refractivity contribution is 6.74. The maximum atomic E-state index is 6.44. The fraction of sp³-hybridized carbons (Fsp3) is 0.300. The maximum absolute atomic E-state index is 6.44. The summed E-state index contributed by atoms with van der Waals surface area (Å²) in [5.41, 5.74) is 4.62. The van der Waals surface area contributed by atoms with Crippen LogP contribution in [0.15, 0.2) is 42.5 Å². The topological polar surface area (TPSA) is 21.3 Å². The zero-order valence-electron chi connectivity index (χ0n) is 14.6. The lowest BCUT2D eigenvalue weighted by Gasteiger charge is -2.36.